The predicted molar refractivity (Wildman–Crippen MR) is 69.1 cm³/mol. The normalized spacial score (nSPS) is 15.1. The largest absolute Gasteiger partial charge is 0.497 e. The second-order valence-corrected chi connectivity index (χ2v) is 4.81. The molecule has 4 nitrogen and oxygen atoms in total. The SMILES string of the molecule is COc1ccc(C(=O)CN2CCSC2=N)cc1. The Morgan fingerprint density at radius 1 is 1.47 bits per heavy atom. The summed E-state index contributed by atoms with van der Waals surface area (Å²) in [5, 5.41) is 8.13. The number of benzene rings is 1. The molecule has 0 unspecified atom stereocenters. The maximum atomic E-state index is 12.0. The van der Waals surface area contributed by atoms with Crippen molar-refractivity contribution in [3.8, 4) is 5.75 Å². The Hall–Kier alpha value is -1.49. The number of hydrogen-bond acceptors (Lipinski definition) is 4. The average molecular weight is 250 g/mol. The lowest BCUT2D eigenvalue weighted by Crippen LogP contribution is -2.30. The van der Waals surface area contributed by atoms with Crippen LogP contribution in [0.15, 0.2) is 24.3 Å². The molecule has 1 aliphatic rings. The van der Waals surface area contributed by atoms with Gasteiger partial charge in [-0.3, -0.25) is 10.2 Å². The van der Waals surface area contributed by atoms with E-state index in [1.807, 2.05) is 0 Å². The van der Waals surface area contributed by atoms with Crippen LogP contribution in [0.2, 0.25) is 0 Å². The third-order valence-electron chi connectivity index (χ3n) is 2.63. The third kappa shape index (κ3) is 2.79. The van der Waals surface area contributed by atoms with Crippen LogP contribution in [-0.4, -0.2) is 41.8 Å². The highest BCUT2D eigenvalue weighted by atomic mass is 32.2. The standard InChI is InChI=1S/C12H14N2O2S/c1-16-10-4-2-9(3-5-10)11(15)8-14-6-7-17-12(14)13/h2-5,13H,6-8H2,1H3. The topological polar surface area (TPSA) is 53.4 Å². The van der Waals surface area contributed by atoms with Gasteiger partial charge in [-0.1, -0.05) is 11.8 Å². The summed E-state index contributed by atoms with van der Waals surface area (Å²) >= 11 is 1.49. The Morgan fingerprint density at radius 2 is 2.18 bits per heavy atom. The molecule has 0 bridgehead atoms. The minimum Gasteiger partial charge on any atom is -0.497 e. The molecule has 2 rings (SSSR count). The molecule has 0 aliphatic carbocycles. The molecule has 1 saturated heterocycles. The molecule has 5 heteroatoms. The average Bonchev–Trinajstić information content (AvgIpc) is 2.75. The summed E-state index contributed by atoms with van der Waals surface area (Å²) in [6.45, 7) is 1.07. The number of methoxy groups -OCH3 is 1. The van der Waals surface area contributed by atoms with Crippen LogP contribution in [0.4, 0.5) is 0 Å². The molecule has 0 amide bonds. The minimum atomic E-state index is 0.0416. The van der Waals surface area contributed by atoms with E-state index in [-0.39, 0.29) is 12.3 Å². The van der Waals surface area contributed by atoms with Gasteiger partial charge >= 0.3 is 0 Å². The Balaban J connectivity index is 2.01. The van der Waals surface area contributed by atoms with Crippen molar-refractivity contribution in [1.29, 1.82) is 5.41 Å². The molecule has 0 radical (unpaired) electrons. The number of nitrogens with zero attached hydrogens (tertiary/aromatic N) is 1. The fourth-order valence-corrected chi connectivity index (χ4v) is 2.48. The van der Waals surface area contributed by atoms with E-state index < -0.39 is 0 Å². The van der Waals surface area contributed by atoms with Crippen molar-refractivity contribution < 1.29 is 9.53 Å². The van der Waals surface area contributed by atoms with Crippen molar-refractivity contribution in [3.05, 3.63) is 29.8 Å². The molecule has 1 fully saturated rings. The summed E-state index contributed by atoms with van der Waals surface area (Å²) in [6.07, 6.45) is 0. The van der Waals surface area contributed by atoms with Crippen molar-refractivity contribution in [3.63, 3.8) is 0 Å². The molecule has 1 aromatic rings. The van der Waals surface area contributed by atoms with Crippen LogP contribution in [0.3, 0.4) is 0 Å². The van der Waals surface area contributed by atoms with Crippen LogP contribution in [0.25, 0.3) is 0 Å². The number of carbonyl (C=O) groups excluding carboxylic acids is 1. The Kier molecular flexibility index (Phi) is 3.68. The van der Waals surface area contributed by atoms with Gasteiger partial charge < -0.3 is 9.64 Å². The van der Waals surface area contributed by atoms with Gasteiger partial charge in [-0.2, -0.15) is 0 Å². The number of ketones is 1. The van der Waals surface area contributed by atoms with Gasteiger partial charge in [-0.15, -0.1) is 0 Å². The van der Waals surface area contributed by atoms with Gasteiger partial charge in [0.2, 0.25) is 0 Å². The van der Waals surface area contributed by atoms with Crippen LogP contribution in [0, 0.1) is 5.41 Å². The lowest BCUT2D eigenvalue weighted by molar-refractivity contribution is 0.0966. The summed E-state index contributed by atoms with van der Waals surface area (Å²) in [4.78, 5) is 13.8. The molecule has 1 N–H and O–H groups in total. The van der Waals surface area contributed by atoms with E-state index in [4.69, 9.17) is 10.1 Å². The number of hydrogen-bond donors (Lipinski definition) is 1. The van der Waals surface area contributed by atoms with Crippen LogP contribution in [0.1, 0.15) is 10.4 Å². The lowest BCUT2D eigenvalue weighted by atomic mass is 10.1. The molecule has 1 heterocycles. The van der Waals surface area contributed by atoms with Crippen molar-refractivity contribution in [2.45, 2.75) is 0 Å². The first-order chi connectivity index (χ1) is 8.20. The van der Waals surface area contributed by atoms with Gasteiger partial charge in [0.25, 0.3) is 0 Å². The second-order valence-electron chi connectivity index (χ2n) is 3.73. The number of Topliss-reactive ketones (excluding diaryl/α,β-unsaturated/α-hetero) is 1. The molecule has 1 aliphatic heterocycles. The first-order valence-electron chi connectivity index (χ1n) is 5.34. The van der Waals surface area contributed by atoms with E-state index in [0.717, 1.165) is 18.0 Å². The van der Waals surface area contributed by atoms with Gasteiger partial charge in [0.15, 0.2) is 11.0 Å². The highest BCUT2D eigenvalue weighted by molar-refractivity contribution is 8.14. The fourth-order valence-electron chi connectivity index (χ4n) is 1.64. The van der Waals surface area contributed by atoms with E-state index in [9.17, 15) is 4.79 Å². The molecule has 17 heavy (non-hydrogen) atoms. The Morgan fingerprint density at radius 3 is 2.71 bits per heavy atom. The van der Waals surface area contributed by atoms with Crippen molar-refractivity contribution in [2.75, 3.05) is 26.0 Å². The molecular weight excluding hydrogens is 236 g/mol. The number of thioether (sulfide) groups is 1. The smallest absolute Gasteiger partial charge is 0.182 e. The van der Waals surface area contributed by atoms with E-state index in [0.29, 0.717) is 10.7 Å². The summed E-state index contributed by atoms with van der Waals surface area (Å²) in [5.41, 5.74) is 0.663. The number of ether oxygens (including phenoxy) is 1. The molecule has 0 saturated carbocycles. The van der Waals surface area contributed by atoms with Crippen LogP contribution < -0.4 is 4.74 Å². The van der Waals surface area contributed by atoms with Gasteiger partial charge in [0, 0.05) is 17.9 Å². The highest BCUT2D eigenvalue weighted by Gasteiger charge is 2.20. The lowest BCUT2D eigenvalue weighted by Gasteiger charge is -2.15. The van der Waals surface area contributed by atoms with Crippen LogP contribution in [-0.2, 0) is 0 Å². The molecule has 0 atom stereocenters. The van der Waals surface area contributed by atoms with Crippen LogP contribution in [0.5, 0.6) is 5.75 Å². The summed E-state index contributed by atoms with van der Waals surface area (Å²) < 4.78 is 5.04. The first kappa shape index (κ1) is 12.0. The molecule has 0 spiro atoms. The summed E-state index contributed by atoms with van der Waals surface area (Å²) in [7, 11) is 1.60. The second kappa shape index (κ2) is 5.23. The van der Waals surface area contributed by atoms with Crippen molar-refractivity contribution >= 4 is 22.7 Å². The molecule has 1 aromatic carbocycles. The molecular formula is C12H14N2O2S. The Bertz CT molecular complexity index is 431. The zero-order valence-corrected chi connectivity index (χ0v) is 10.4. The quantitative estimate of drug-likeness (QED) is 0.829. The van der Waals surface area contributed by atoms with E-state index >= 15 is 0 Å². The number of carbonyl (C=O) groups is 1. The van der Waals surface area contributed by atoms with Gasteiger partial charge in [0.1, 0.15) is 5.75 Å². The zero-order chi connectivity index (χ0) is 12.3. The van der Waals surface area contributed by atoms with Crippen molar-refractivity contribution in [2.24, 2.45) is 0 Å². The summed E-state index contributed by atoms with van der Waals surface area (Å²) in [5.74, 6) is 1.68. The third-order valence-corrected chi connectivity index (χ3v) is 3.55. The van der Waals surface area contributed by atoms with E-state index in [2.05, 4.69) is 0 Å². The maximum absolute atomic E-state index is 12.0. The van der Waals surface area contributed by atoms with Gasteiger partial charge in [-0.25, -0.2) is 0 Å². The van der Waals surface area contributed by atoms with Gasteiger partial charge in [0.05, 0.1) is 13.7 Å². The van der Waals surface area contributed by atoms with Crippen molar-refractivity contribution in [1.82, 2.24) is 4.90 Å². The molecule has 0 aromatic heterocycles. The van der Waals surface area contributed by atoms with Crippen LogP contribution >= 0.6 is 11.8 Å². The number of rotatable bonds is 4. The Labute approximate surface area is 104 Å². The van der Waals surface area contributed by atoms with E-state index in [1.165, 1.54) is 11.8 Å². The summed E-state index contributed by atoms with van der Waals surface area (Å²) in [6, 6.07) is 7.07. The monoisotopic (exact) mass is 250 g/mol. The number of amidine groups is 1. The highest BCUT2D eigenvalue weighted by Crippen LogP contribution is 2.17. The predicted octanol–water partition coefficient (Wildman–Crippen LogP) is 1.86. The van der Waals surface area contributed by atoms with Gasteiger partial charge in [-0.05, 0) is 24.3 Å². The first-order valence-corrected chi connectivity index (χ1v) is 6.33. The molecule has 90 valence electrons. The zero-order valence-electron chi connectivity index (χ0n) is 9.60. The fraction of sp³-hybridized carbons (Fsp3) is 0.333. The maximum Gasteiger partial charge on any atom is 0.182 e. The van der Waals surface area contributed by atoms with E-state index in [1.54, 1.807) is 36.3 Å². The number of nitrogens with one attached hydrogen (secondary N) is 1. The minimum absolute atomic E-state index is 0.0416.